The fourth-order valence-electron chi connectivity index (χ4n) is 2.98. The van der Waals surface area contributed by atoms with Gasteiger partial charge in [-0.25, -0.2) is 4.98 Å². The van der Waals surface area contributed by atoms with Crippen molar-refractivity contribution in [3.05, 3.63) is 53.0 Å². The molecule has 0 bridgehead atoms. The number of rotatable bonds is 4. The fraction of sp³-hybridized carbons (Fsp3) is 0.353. The van der Waals surface area contributed by atoms with Crippen LogP contribution in [0.25, 0.3) is 11.5 Å². The first-order valence-corrected chi connectivity index (χ1v) is 7.83. The summed E-state index contributed by atoms with van der Waals surface area (Å²) >= 11 is 0. The molecule has 1 aromatic carbocycles. The summed E-state index contributed by atoms with van der Waals surface area (Å²) in [6.45, 7) is 0. The SMILES string of the molecule is c1ccc(CCc2nc(-c3noc4c3CCCC4)n[nH]2)cc1. The summed E-state index contributed by atoms with van der Waals surface area (Å²) in [4.78, 5) is 4.59. The molecule has 0 aliphatic heterocycles. The minimum atomic E-state index is 0.662. The minimum absolute atomic E-state index is 0.662. The molecule has 2 heterocycles. The van der Waals surface area contributed by atoms with E-state index in [1.165, 1.54) is 24.0 Å². The predicted octanol–water partition coefficient (Wildman–Crippen LogP) is 3.12. The van der Waals surface area contributed by atoms with Crippen molar-refractivity contribution >= 4 is 0 Å². The van der Waals surface area contributed by atoms with Crippen molar-refractivity contribution < 1.29 is 4.52 Å². The standard InChI is InChI=1S/C17H18N4O/c1-2-6-12(7-3-1)10-11-15-18-17(20-19-15)16-13-8-4-5-9-14(13)22-21-16/h1-3,6-7H,4-5,8-11H2,(H,18,19,20). The third-order valence-corrected chi connectivity index (χ3v) is 4.19. The first-order chi connectivity index (χ1) is 10.9. The Hall–Kier alpha value is -2.43. The number of aryl methyl sites for hydroxylation is 3. The maximum Gasteiger partial charge on any atom is 0.203 e. The van der Waals surface area contributed by atoms with Crippen molar-refractivity contribution in [1.82, 2.24) is 20.3 Å². The van der Waals surface area contributed by atoms with Crippen LogP contribution in [0.3, 0.4) is 0 Å². The van der Waals surface area contributed by atoms with E-state index in [9.17, 15) is 0 Å². The maximum absolute atomic E-state index is 5.44. The molecule has 0 unspecified atom stereocenters. The lowest BCUT2D eigenvalue weighted by Gasteiger charge is -2.07. The highest BCUT2D eigenvalue weighted by Crippen LogP contribution is 2.29. The monoisotopic (exact) mass is 294 g/mol. The lowest BCUT2D eigenvalue weighted by molar-refractivity contribution is 0.373. The number of nitrogens with zero attached hydrogens (tertiary/aromatic N) is 3. The van der Waals surface area contributed by atoms with E-state index in [1.807, 2.05) is 6.07 Å². The quantitative estimate of drug-likeness (QED) is 0.802. The lowest BCUT2D eigenvalue weighted by Crippen LogP contribution is -2.00. The van der Waals surface area contributed by atoms with Crippen molar-refractivity contribution in [3.63, 3.8) is 0 Å². The molecule has 0 atom stereocenters. The fourth-order valence-corrected chi connectivity index (χ4v) is 2.98. The Kier molecular flexibility index (Phi) is 3.46. The molecule has 0 saturated carbocycles. The average Bonchev–Trinajstić information content (AvgIpc) is 3.20. The van der Waals surface area contributed by atoms with Crippen LogP contribution < -0.4 is 0 Å². The topological polar surface area (TPSA) is 67.6 Å². The van der Waals surface area contributed by atoms with Crippen molar-refractivity contribution in [2.45, 2.75) is 38.5 Å². The van der Waals surface area contributed by atoms with Crippen molar-refractivity contribution in [2.75, 3.05) is 0 Å². The van der Waals surface area contributed by atoms with Crippen LogP contribution >= 0.6 is 0 Å². The molecule has 0 saturated heterocycles. The zero-order valence-electron chi connectivity index (χ0n) is 12.4. The van der Waals surface area contributed by atoms with Crippen LogP contribution in [0.1, 0.15) is 35.6 Å². The second-order valence-electron chi connectivity index (χ2n) is 5.73. The van der Waals surface area contributed by atoms with Gasteiger partial charge in [0.2, 0.25) is 5.82 Å². The summed E-state index contributed by atoms with van der Waals surface area (Å²) in [6, 6.07) is 10.4. The summed E-state index contributed by atoms with van der Waals surface area (Å²) in [6.07, 6.45) is 6.16. The Morgan fingerprint density at radius 1 is 1.05 bits per heavy atom. The Bertz CT molecular complexity index is 760. The van der Waals surface area contributed by atoms with Gasteiger partial charge in [-0.3, -0.25) is 5.10 Å². The molecule has 5 heteroatoms. The van der Waals surface area contributed by atoms with Gasteiger partial charge in [-0.2, -0.15) is 5.10 Å². The summed E-state index contributed by atoms with van der Waals surface area (Å²) < 4.78 is 5.44. The molecular formula is C17H18N4O. The lowest BCUT2D eigenvalue weighted by atomic mass is 9.96. The van der Waals surface area contributed by atoms with E-state index in [4.69, 9.17) is 4.52 Å². The highest BCUT2D eigenvalue weighted by Gasteiger charge is 2.22. The number of H-pyrrole nitrogens is 1. The molecule has 2 aromatic heterocycles. The zero-order valence-corrected chi connectivity index (χ0v) is 12.4. The van der Waals surface area contributed by atoms with E-state index in [-0.39, 0.29) is 0 Å². The van der Waals surface area contributed by atoms with E-state index in [0.29, 0.717) is 5.82 Å². The number of benzene rings is 1. The average molecular weight is 294 g/mol. The molecule has 4 rings (SSSR count). The second-order valence-corrected chi connectivity index (χ2v) is 5.73. The van der Waals surface area contributed by atoms with Gasteiger partial charge in [0.15, 0.2) is 5.69 Å². The summed E-state index contributed by atoms with van der Waals surface area (Å²) in [5, 5.41) is 11.5. The van der Waals surface area contributed by atoms with Gasteiger partial charge in [-0.1, -0.05) is 35.5 Å². The normalized spacial score (nSPS) is 14.0. The van der Waals surface area contributed by atoms with Crippen LogP contribution in [0.4, 0.5) is 0 Å². The number of aromatic amines is 1. The van der Waals surface area contributed by atoms with E-state index >= 15 is 0 Å². The highest BCUT2D eigenvalue weighted by atomic mass is 16.5. The Balaban J connectivity index is 1.51. The Morgan fingerprint density at radius 2 is 1.91 bits per heavy atom. The molecule has 1 aliphatic rings. The van der Waals surface area contributed by atoms with E-state index < -0.39 is 0 Å². The number of hydrogen-bond acceptors (Lipinski definition) is 4. The van der Waals surface area contributed by atoms with Crippen molar-refractivity contribution in [1.29, 1.82) is 0 Å². The summed E-state index contributed by atoms with van der Waals surface area (Å²) in [5.74, 6) is 2.57. The largest absolute Gasteiger partial charge is 0.360 e. The molecule has 1 aliphatic carbocycles. The molecule has 5 nitrogen and oxygen atoms in total. The van der Waals surface area contributed by atoms with Crippen molar-refractivity contribution in [3.8, 4) is 11.5 Å². The first-order valence-electron chi connectivity index (χ1n) is 7.83. The third-order valence-electron chi connectivity index (χ3n) is 4.19. The van der Waals surface area contributed by atoms with E-state index in [2.05, 4.69) is 44.6 Å². The molecule has 3 aromatic rings. The van der Waals surface area contributed by atoms with Gasteiger partial charge in [-0.15, -0.1) is 0 Å². The van der Waals surface area contributed by atoms with Crippen LogP contribution in [-0.4, -0.2) is 20.3 Å². The van der Waals surface area contributed by atoms with Gasteiger partial charge < -0.3 is 4.52 Å². The van der Waals surface area contributed by atoms with E-state index in [0.717, 1.165) is 43.0 Å². The zero-order chi connectivity index (χ0) is 14.8. The molecule has 22 heavy (non-hydrogen) atoms. The number of nitrogens with one attached hydrogen (secondary N) is 1. The predicted molar refractivity (Wildman–Crippen MR) is 82.4 cm³/mol. The van der Waals surface area contributed by atoms with Crippen LogP contribution in [0, 0.1) is 0 Å². The molecule has 0 fully saturated rings. The molecule has 0 amide bonds. The van der Waals surface area contributed by atoms with Gasteiger partial charge in [0.1, 0.15) is 11.6 Å². The van der Waals surface area contributed by atoms with Crippen LogP contribution in [-0.2, 0) is 25.7 Å². The van der Waals surface area contributed by atoms with Gasteiger partial charge in [0.25, 0.3) is 0 Å². The van der Waals surface area contributed by atoms with Gasteiger partial charge in [0, 0.05) is 18.4 Å². The molecule has 0 spiro atoms. The van der Waals surface area contributed by atoms with Gasteiger partial charge in [0.05, 0.1) is 0 Å². The highest BCUT2D eigenvalue weighted by molar-refractivity contribution is 5.55. The maximum atomic E-state index is 5.44. The first kappa shape index (κ1) is 13.2. The molecular weight excluding hydrogens is 276 g/mol. The summed E-state index contributed by atoms with van der Waals surface area (Å²) in [5.41, 5.74) is 3.32. The summed E-state index contributed by atoms with van der Waals surface area (Å²) in [7, 11) is 0. The van der Waals surface area contributed by atoms with Crippen LogP contribution in [0.2, 0.25) is 0 Å². The molecule has 112 valence electrons. The minimum Gasteiger partial charge on any atom is -0.360 e. The van der Waals surface area contributed by atoms with Crippen LogP contribution in [0.15, 0.2) is 34.9 Å². The Labute approximate surface area is 128 Å². The smallest absolute Gasteiger partial charge is 0.203 e. The number of hydrogen-bond donors (Lipinski definition) is 1. The molecule has 1 N–H and O–H groups in total. The number of aromatic nitrogens is 4. The Morgan fingerprint density at radius 3 is 2.82 bits per heavy atom. The van der Waals surface area contributed by atoms with Crippen molar-refractivity contribution in [2.24, 2.45) is 0 Å². The third kappa shape index (κ3) is 2.54. The van der Waals surface area contributed by atoms with E-state index in [1.54, 1.807) is 0 Å². The second kappa shape index (κ2) is 5.75. The molecule has 0 radical (unpaired) electrons. The number of fused-ring (bicyclic) bond motifs is 1. The van der Waals surface area contributed by atoms with Gasteiger partial charge >= 0.3 is 0 Å². The van der Waals surface area contributed by atoms with Gasteiger partial charge in [-0.05, 0) is 31.2 Å². The van der Waals surface area contributed by atoms with Crippen LogP contribution in [0.5, 0.6) is 0 Å².